The Morgan fingerprint density at radius 2 is 1.93 bits per heavy atom. The minimum absolute atomic E-state index is 0.0711. The van der Waals surface area contributed by atoms with Crippen LogP contribution in [-0.4, -0.2) is 36.3 Å². The van der Waals surface area contributed by atoms with Gasteiger partial charge in [-0.15, -0.1) is 0 Å². The molecule has 154 valence electrons. The number of ether oxygens (including phenoxy) is 1. The molecule has 0 spiro atoms. The van der Waals surface area contributed by atoms with Crippen LogP contribution in [0.3, 0.4) is 0 Å². The summed E-state index contributed by atoms with van der Waals surface area (Å²) in [6.45, 7) is 1.91. The molecule has 1 heterocycles. The molecule has 1 unspecified atom stereocenters. The lowest BCUT2D eigenvalue weighted by Gasteiger charge is -2.24. The quantitative estimate of drug-likeness (QED) is 0.536. The summed E-state index contributed by atoms with van der Waals surface area (Å²) in [5.41, 5.74) is 3.76. The molecule has 0 aromatic heterocycles. The van der Waals surface area contributed by atoms with E-state index < -0.39 is 0 Å². The fourth-order valence-corrected chi connectivity index (χ4v) is 4.10. The maximum Gasteiger partial charge on any atom is 0.332 e. The van der Waals surface area contributed by atoms with Crippen molar-refractivity contribution in [2.24, 2.45) is 0 Å². The number of imide groups is 1. The number of ketones is 1. The molecule has 4 rings (SSSR count). The van der Waals surface area contributed by atoms with Gasteiger partial charge in [0.1, 0.15) is 12.3 Å². The van der Waals surface area contributed by atoms with Gasteiger partial charge >= 0.3 is 6.03 Å². The van der Waals surface area contributed by atoms with Gasteiger partial charge in [0.15, 0.2) is 5.78 Å². The summed E-state index contributed by atoms with van der Waals surface area (Å²) in [4.78, 5) is 40.2. The van der Waals surface area contributed by atoms with Crippen LogP contribution in [0, 0.1) is 0 Å². The topological polar surface area (TPSA) is 66.9 Å². The highest BCUT2D eigenvalue weighted by Crippen LogP contribution is 2.39. The number of allylic oxidation sites excluding steroid dienone is 1. The number of urea groups is 1. The van der Waals surface area contributed by atoms with Crippen molar-refractivity contribution < 1.29 is 19.1 Å². The zero-order valence-electron chi connectivity index (χ0n) is 17.1. The Morgan fingerprint density at radius 1 is 1.17 bits per heavy atom. The van der Waals surface area contributed by atoms with E-state index in [0.717, 1.165) is 29.5 Å². The molecule has 1 aliphatic heterocycles. The summed E-state index contributed by atoms with van der Waals surface area (Å²) in [6.07, 6.45) is 5.54. The summed E-state index contributed by atoms with van der Waals surface area (Å²) in [6, 6.07) is 12.5. The molecule has 2 aromatic carbocycles. The first-order valence-corrected chi connectivity index (χ1v) is 10.1. The standard InChI is InChI=1S/C24H24N2O4/c1-3-19(27)9-4-16-5-12-21-17(14-16)6-13-22(21)25-15-23(28)26(24(25)29)18-7-10-20(30-2)11-8-18/h4-5,7-12,14,22H,3,6,13,15H2,1-2H3/b9-4+. The number of amides is 3. The van der Waals surface area contributed by atoms with E-state index in [0.29, 0.717) is 17.9 Å². The van der Waals surface area contributed by atoms with Crippen molar-refractivity contribution in [2.45, 2.75) is 32.2 Å². The minimum atomic E-state index is -0.291. The third-order valence-electron chi connectivity index (χ3n) is 5.72. The fraction of sp³-hybridized carbons (Fsp3) is 0.292. The van der Waals surface area contributed by atoms with Crippen LogP contribution in [-0.2, 0) is 16.0 Å². The first-order chi connectivity index (χ1) is 14.5. The average molecular weight is 404 g/mol. The lowest BCUT2D eigenvalue weighted by atomic mass is 10.0. The number of aryl methyl sites for hydroxylation is 1. The van der Waals surface area contributed by atoms with Gasteiger partial charge in [0.25, 0.3) is 5.91 Å². The molecular formula is C24H24N2O4. The Labute approximate surface area is 175 Å². The lowest BCUT2D eigenvalue weighted by molar-refractivity contribution is -0.117. The lowest BCUT2D eigenvalue weighted by Crippen LogP contribution is -2.34. The molecule has 1 saturated heterocycles. The predicted octanol–water partition coefficient (Wildman–Crippen LogP) is 4.14. The normalized spacial score (nSPS) is 18.4. The summed E-state index contributed by atoms with van der Waals surface area (Å²) >= 11 is 0. The van der Waals surface area contributed by atoms with Crippen LogP contribution in [0.2, 0.25) is 0 Å². The molecule has 6 heteroatoms. The molecule has 1 aliphatic carbocycles. The van der Waals surface area contributed by atoms with Crippen molar-refractivity contribution in [3.8, 4) is 5.75 Å². The van der Waals surface area contributed by atoms with Crippen LogP contribution in [0.15, 0.2) is 48.5 Å². The SMILES string of the molecule is CCC(=O)/C=C/c1ccc2c(c1)CCC2N1CC(=O)N(c2ccc(OC)cc2)C1=O. The van der Waals surface area contributed by atoms with Gasteiger partial charge in [-0.25, -0.2) is 9.69 Å². The van der Waals surface area contributed by atoms with Crippen LogP contribution in [0.4, 0.5) is 10.5 Å². The van der Waals surface area contributed by atoms with Crippen molar-refractivity contribution in [1.29, 1.82) is 0 Å². The van der Waals surface area contributed by atoms with Gasteiger partial charge in [-0.3, -0.25) is 9.59 Å². The van der Waals surface area contributed by atoms with Gasteiger partial charge in [0.2, 0.25) is 0 Å². The maximum atomic E-state index is 13.1. The molecule has 1 fully saturated rings. The third kappa shape index (κ3) is 3.61. The fourth-order valence-electron chi connectivity index (χ4n) is 4.10. The Hall–Kier alpha value is -3.41. The smallest absolute Gasteiger partial charge is 0.332 e. The third-order valence-corrected chi connectivity index (χ3v) is 5.72. The van der Waals surface area contributed by atoms with E-state index in [-0.39, 0.29) is 30.3 Å². The van der Waals surface area contributed by atoms with Crippen molar-refractivity contribution in [3.05, 3.63) is 65.2 Å². The second-order valence-electron chi connectivity index (χ2n) is 7.50. The molecule has 1 atom stereocenters. The summed E-state index contributed by atoms with van der Waals surface area (Å²) in [5, 5.41) is 0. The van der Waals surface area contributed by atoms with E-state index in [9.17, 15) is 14.4 Å². The van der Waals surface area contributed by atoms with Crippen LogP contribution in [0.1, 0.15) is 42.5 Å². The van der Waals surface area contributed by atoms with Gasteiger partial charge in [-0.2, -0.15) is 0 Å². The zero-order chi connectivity index (χ0) is 21.3. The first kappa shape index (κ1) is 19.9. The largest absolute Gasteiger partial charge is 0.497 e. The number of benzene rings is 2. The predicted molar refractivity (Wildman–Crippen MR) is 114 cm³/mol. The highest BCUT2D eigenvalue weighted by Gasteiger charge is 2.42. The number of fused-ring (bicyclic) bond motifs is 1. The number of methoxy groups -OCH3 is 1. The van der Waals surface area contributed by atoms with E-state index in [1.54, 1.807) is 42.4 Å². The van der Waals surface area contributed by atoms with Gasteiger partial charge in [-0.05, 0) is 59.9 Å². The molecule has 30 heavy (non-hydrogen) atoms. The van der Waals surface area contributed by atoms with Crippen LogP contribution >= 0.6 is 0 Å². The summed E-state index contributed by atoms with van der Waals surface area (Å²) in [7, 11) is 1.57. The second-order valence-corrected chi connectivity index (χ2v) is 7.50. The molecule has 2 aliphatic rings. The number of hydrogen-bond acceptors (Lipinski definition) is 4. The van der Waals surface area contributed by atoms with Crippen molar-refractivity contribution in [1.82, 2.24) is 4.90 Å². The highest BCUT2D eigenvalue weighted by atomic mass is 16.5. The van der Waals surface area contributed by atoms with Crippen LogP contribution in [0.25, 0.3) is 6.08 Å². The molecule has 2 aromatic rings. The van der Waals surface area contributed by atoms with Gasteiger partial charge in [0, 0.05) is 6.42 Å². The second kappa shape index (κ2) is 8.14. The monoisotopic (exact) mass is 404 g/mol. The Bertz CT molecular complexity index is 1030. The first-order valence-electron chi connectivity index (χ1n) is 10.1. The molecule has 0 N–H and O–H groups in total. The molecular weight excluding hydrogens is 380 g/mol. The van der Waals surface area contributed by atoms with E-state index in [1.807, 2.05) is 25.1 Å². The molecule has 3 amide bonds. The Balaban J connectivity index is 1.55. The Morgan fingerprint density at radius 3 is 2.63 bits per heavy atom. The number of anilines is 1. The van der Waals surface area contributed by atoms with E-state index in [4.69, 9.17) is 4.74 Å². The van der Waals surface area contributed by atoms with E-state index in [1.165, 1.54) is 4.90 Å². The maximum absolute atomic E-state index is 13.1. The summed E-state index contributed by atoms with van der Waals surface area (Å²) in [5.74, 6) is 0.536. The Kier molecular flexibility index (Phi) is 5.40. The molecule has 0 radical (unpaired) electrons. The number of carbonyl (C=O) groups excluding carboxylic acids is 3. The van der Waals surface area contributed by atoms with Gasteiger partial charge in [0.05, 0.1) is 18.8 Å². The van der Waals surface area contributed by atoms with E-state index in [2.05, 4.69) is 6.07 Å². The summed E-state index contributed by atoms with van der Waals surface area (Å²) < 4.78 is 5.15. The zero-order valence-corrected chi connectivity index (χ0v) is 17.1. The van der Waals surface area contributed by atoms with E-state index >= 15 is 0 Å². The number of carbonyl (C=O) groups is 3. The van der Waals surface area contributed by atoms with Crippen molar-refractivity contribution >= 4 is 29.5 Å². The minimum Gasteiger partial charge on any atom is -0.497 e. The average Bonchev–Trinajstić information content (AvgIpc) is 3.31. The number of hydrogen-bond donors (Lipinski definition) is 0. The van der Waals surface area contributed by atoms with Crippen molar-refractivity contribution in [3.63, 3.8) is 0 Å². The number of nitrogens with zero attached hydrogens (tertiary/aromatic N) is 2. The van der Waals surface area contributed by atoms with Crippen molar-refractivity contribution in [2.75, 3.05) is 18.6 Å². The van der Waals surface area contributed by atoms with Gasteiger partial charge < -0.3 is 9.64 Å². The van der Waals surface area contributed by atoms with Crippen LogP contribution < -0.4 is 9.64 Å². The highest BCUT2D eigenvalue weighted by molar-refractivity contribution is 6.20. The van der Waals surface area contributed by atoms with Gasteiger partial charge in [-0.1, -0.05) is 31.2 Å². The van der Waals surface area contributed by atoms with Crippen LogP contribution in [0.5, 0.6) is 5.75 Å². The molecule has 0 bridgehead atoms. The number of rotatable bonds is 6. The molecule has 6 nitrogen and oxygen atoms in total. The molecule has 0 saturated carbocycles.